The third-order valence-electron chi connectivity index (χ3n) is 5.69. The normalized spacial score (nSPS) is 29.5. The standard InChI is InChI=1S/C22H32N2O2/c1-15-9-16(2)12-23(11-15)21(25)19-5-7-20(8-6-19)22(26)24-13-17(3)10-18(4)14-24/h5-8,15-18H,9-14H2,1-4H3/t15-,16-,17-,18+/m1/s1. The number of piperidine rings is 2. The largest absolute Gasteiger partial charge is 0.338 e. The SMILES string of the molecule is C[C@@H]1C[C@@H](C)CN(C(=O)c2ccc(C(=O)N3C[C@H](C)C[C@H](C)C3)cc2)C1. The van der Waals surface area contributed by atoms with E-state index in [2.05, 4.69) is 27.7 Å². The molecular formula is C22H32N2O2. The van der Waals surface area contributed by atoms with Crippen LogP contribution in [0.2, 0.25) is 0 Å². The van der Waals surface area contributed by atoms with Gasteiger partial charge in [-0.2, -0.15) is 0 Å². The van der Waals surface area contributed by atoms with Crippen molar-refractivity contribution in [3.63, 3.8) is 0 Å². The zero-order valence-electron chi connectivity index (χ0n) is 16.6. The van der Waals surface area contributed by atoms with Crippen molar-refractivity contribution >= 4 is 11.8 Å². The van der Waals surface area contributed by atoms with Gasteiger partial charge in [0, 0.05) is 37.3 Å². The van der Waals surface area contributed by atoms with Crippen molar-refractivity contribution in [1.29, 1.82) is 0 Å². The lowest BCUT2D eigenvalue weighted by molar-refractivity contribution is 0.0613. The summed E-state index contributed by atoms with van der Waals surface area (Å²) < 4.78 is 0. The first kappa shape index (κ1) is 18.9. The van der Waals surface area contributed by atoms with Crippen LogP contribution in [0.25, 0.3) is 0 Å². The number of nitrogens with zero attached hydrogens (tertiary/aromatic N) is 2. The van der Waals surface area contributed by atoms with E-state index >= 15 is 0 Å². The zero-order chi connectivity index (χ0) is 18.8. The van der Waals surface area contributed by atoms with Crippen LogP contribution in [0.1, 0.15) is 61.3 Å². The number of hydrogen-bond donors (Lipinski definition) is 0. The van der Waals surface area contributed by atoms with Crippen molar-refractivity contribution in [1.82, 2.24) is 9.80 Å². The summed E-state index contributed by atoms with van der Waals surface area (Å²) in [4.78, 5) is 29.5. The summed E-state index contributed by atoms with van der Waals surface area (Å²) in [6, 6.07) is 7.26. The van der Waals surface area contributed by atoms with E-state index in [0.717, 1.165) is 26.2 Å². The van der Waals surface area contributed by atoms with Crippen LogP contribution in [0.15, 0.2) is 24.3 Å². The molecule has 2 amide bonds. The first-order valence-corrected chi connectivity index (χ1v) is 10.0. The van der Waals surface area contributed by atoms with Crippen LogP contribution in [0, 0.1) is 23.7 Å². The smallest absolute Gasteiger partial charge is 0.253 e. The van der Waals surface area contributed by atoms with Gasteiger partial charge in [0.25, 0.3) is 11.8 Å². The van der Waals surface area contributed by atoms with Gasteiger partial charge >= 0.3 is 0 Å². The van der Waals surface area contributed by atoms with Crippen molar-refractivity contribution in [3.8, 4) is 0 Å². The van der Waals surface area contributed by atoms with Crippen LogP contribution in [0.4, 0.5) is 0 Å². The van der Waals surface area contributed by atoms with E-state index < -0.39 is 0 Å². The lowest BCUT2D eigenvalue weighted by Crippen LogP contribution is -2.43. The number of likely N-dealkylation sites (tertiary alicyclic amines) is 2. The molecule has 0 unspecified atom stereocenters. The average Bonchev–Trinajstić information content (AvgIpc) is 2.59. The fourth-order valence-corrected chi connectivity index (χ4v) is 4.78. The molecule has 0 spiro atoms. The van der Waals surface area contributed by atoms with E-state index in [-0.39, 0.29) is 11.8 Å². The van der Waals surface area contributed by atoms with E-state index in [0.29, 0.717) is 34.8 Å². The Kier molecular flexibility index (Phi) is 5.69. The molecule has 0 aliphatic carbocycles. The van der Waals surface area contributed by atoms with Gasteiger partial charge in [0.05, 0.1) is 0 Å². The number of amides is 2. The number of rotatable bonds is 2. The minimum absolute atomic E-state index is 0.0858. The minimum Gasteiger partial charge on any atom is -0.338 e. The molecule has 0 bridgehead atoms. The van der Waals surface area contributed by atoms with E-state index in [1.54, 1.807) is 0 Å². The van der Waals surface area contributed by atoms with Gasteiger partial charge in [0.2, 0.25) is 0 Å². The molecule has 1 aromatic carbocycles. The van der Waals surface area contributed by atoms with Crippen LogP contribution >= 0.6 is 0 Å². The molecule has 0 radical (unpaired) electrons. The molecule has 2 saturated heterocycles. The van der Waals surface area contributed by atoms with Gasteiger partial charge in [-0.1, -0.05) is 27.7 Å². The summed E-state index contributed by atoms with van der Waals surface area (Å²) in [7, 11) is 0. The monoisotopic (exact) mass is 356 g/mol. The van der Waals surface area contributed by atoms with Crippen molar-refractivity contribution in [2.75, 3.05) is 26.2 Å². The van der Waals surface area contributed by atoms with E-state index in [1.807, 2.05) is 34.1 Å². The Morgan fingerprint density at radius 3 is 1.19 bits per heavy atom. The third kappa shape index (κ3) is 4.28. The molecule has 2 heterocycles. The first-order chi connectivity index (χ1) is 12.3. The third-order valence-corrected chi connectivity index (χ3v) is 5.69. The summed E-state index contributed by atoms with van der Waals surface area (Å²) in [6.07, 6.45) is 2.37. The number of hydrogen-bond acceptors (Lipinski definition) is 2. The Balaban J connectivity index is 1.68. The van der Waals surface area contributed by atoms with Crippen LogP contribution in [-0.4, -0.2) is 47.8 Å². The molecule has 4 nitrogen and oxygen atoms in total. The molecule has 2 aliphatic rings. The van der Waals surface area contributed by atoms with Gasteiger partial charge in [-0.25, -0.2) is 0 Å². The maximum atomic E-state index is 12.8. The summed E-state index contributed by atoms with van der Waals surface area (Å²) in [5.74, 6) is 2.36. The van der Waals surface area contributed by atoms with Gasteiger partial charge in [-0.15, -0.1) is 0 Å². The lowest BCUT2D eigenvalue weighted by atomic mass is 9.91. The predicted octanol–water partition coefficient (Wildman–Crippen LogP) is 3.92. The summed E-state index contributed by atoms with van der Waals surface area (Å²) in [6.45, 7) is 12.1. The molecule has 2 aliphatic heterocycles. The molecule has 0 aromatic heterocycles. The fraction of sp³-hybridized carbons (Fsp3) is 0.636. The van der Waals surface area contributed by atoms with E-state index in [4.69, 9.17) is 0 Å². The number of carbonyl (C=O) groups is 2. The highest BCUT2D eigenvalue weighted by molar-refractivity contribution is 5.98. The summed E-state index contributed by atoms with van der Waals surface area (Å²) in [5, 5.41) is 0. The molecule has 26 heavy (non-hydrogen) atoms. The summed E-state index contributed by atoms with van der Waals surface area (Å²) >= 11 is 0. The molecule has 4 heteroatoms. The second kappa shape index (κ2) is 7.81. The Morgan fingerprint density at radius 1 is 0.654 bits per heavy atom. The quantitative estimate of drug-likeness (QED) is 0.806. The molecule has 3 rings (SSSR count). The van der Waals surface area contributed by atoms with Crippen LogP contribution in [-0.2, 0) is 0 Å². The highest BCUT2D eigenvalue weighted by Gasteiger charge is 2.28. The van der Waals surface area contributed by atoms with Crippen LogP contribution in [0.3, 0.4) is 0 Å². The Morgan fingerprint density at radius 2 is 0.923 bits per heavy atom. The van der Waals surface area contributed by atoms with Gasteiger partial charge in [-0.3, -0.25) is 9.59 Å². The molecule has 0 N–H and O–H groups in total. The Labute approximate surface area is 157 Å². The van der Waals surface area contributed by atoms with Crippen molar-refractivity contribution in [3.05, 3.63) is 35.4 Å². The van der Waals surface area contributed by atoms with Crippen LogP contribution < -0.4 is 0 Å². The minimum atomic E-state index is 0.0858. The topological polar surface area (TPSA) is 40.6 Å². The molecular weight excluding hydrogens is 324 g/mol. The maximum absolute atomic E-state index is 12.8. The maximum Gasteiger partial charge on any atom is 0.253 e. The predicted molar refractivity (Wildman–Crippen MR) is 104 cm³/mol. The number of carbonyl (C=O) groups excluding carboxylic acids is 2. The molecule has 1 aromatic rings. The van der Waals surface area contributed by atoms with Crippen molar-refractivity contribution in [2.24, 2.45) is 23.7 Å². The second-order valence-corrected chi connectivity index (χ2v) is 8.89. The second-order valence-electron chi connectivity index (χ2n) is 8.89. The van der Waals surface area contributed by atoms with Gasteiger partial charge in [-0.05, 0) is 60.8 Å². The molecule has 2 fully saturated rings. The van der Waals surface area contributed by atoms with Gasteiger partial charge < -0.3 is 9.80 Å². The molecule has 4 atom stereocenters. The van der Waals surface area contributed by atoms with E-state index in [9.17, 15) is 9.59 Å². The first-order valence-electron chi connectivity index (χ1n) is 10.0. The van der Waals surface area contributed by atoms with Crippen molar-refractivity contribution in [2.45, 2.75) is 40.5 Å². The van der Waals surface area contributed by atoms with Crippen LogP contribution in [0.5, 0.6) is 0 Å². The Bertz CT molecular complexity index is 578. The fourth-order valence-electron chi connectivity index (χ4n) is 4.78. The highest BCUT2D eigenvalue weighted by atomic mass is 16.2. The average molecular weight is 357 g/mol. The zero-order valence-corrected chi connectivity index (χ0v) is 16.6. The molecule has 142 valence electrons. The van der Waals surface area contributed by atoms with E-state index in [1.165, 1.54) is 12.8 Å². The Hall–Kier alpha value is -1.84. The number of benzene rings is 1. The lowest BCUT2D eigenvalue weighted by Gasteiger charge is -2.35. The highest BCUT2D eigenvalue weighted by Crippen LogP contribution is 2.24. The van der Waals surface area contributed by atoms with Gasteiger partial charge in [0.1, 0.15) is 0 Å². The molecule has 0 saturated carbocycles. The van der Waals surface area contributed by atoms with Gasteiger partial charge in [0.15, 0.2) is 0 Å². The summed E-state index contributed by atoms with van der Waals surface area (Å²) in [5.41, 5.74) is 1.37. The van der Waals surface area contributed by atoms with Crippen molar-refractivity contribution < 1.29 is 9.59 Å².